The number of amides is 3. The third-order valence-corrected chi connectivity index (χ3v) is 4.42. The SMILES string of the molecule is CCN(CC)C(=O)CN1C(=O)CN(Cc2ccccc2)C(=O)[C@@H]1C. The van der Waals surface area contributed by atoms with Crippen molar-refractivity contribution >= 4 is 17.7 Å². The molecule has 1 saturated heterocycles. The van der Waals surface area contributed by atoms with Gasteiger partial charge in [-0.15, -0.1) is 0 Å². The summed E-state index contributed by atoms with van der Waals surface area (Å²) in [7, 11) is 0. The first kappa shape index (κ1) is 18.0. The molecule has 24 heavy (non-hydrogen) atoms. The number of hydrogen-bond donors (Lipinski definition) is 0. The van der Waals surface area contributed by atoms with Gasteiger partial charge in [-0.25, -0.2) is 0 Å². The highest BCUT2D eigenvalue weighted by Crippen LogP contribution is 2.16. The molecule has 1 fully saturated rings. The van der Waals surface area contributed by atoms with Crippen LogP contribution in [0.5, 0.6) is 0 Å². The molecular formula is C18H25N3O3. The molecular weight excluding hydrogens is 306 g/mol. The Bertz CT molecular complexity index is 599. The lowest BCUT2D eigenvalue weighted by atomic mass is 10.1. The van der Waals surface area contributed by atoms with Crippen LogP contribution in [0.3, 0.4) is 0 Å². The van der Waals surface area contributed by atoms with Gasteiger partial charge in [0, 0.05) is 19.6 Å². The molecule has 0 N–H and O–H groups in total. The van der Waals surface area contributed by atoms with Crippen molar-refractivity contribution in [2.45, 2.75) is 33.4 Å². The van der Waals surface area contributed by atoms with Crippen molar-refractivity contribution in [1.82, 2.24) is 14.7 Å². The van der Waals surface area contributed by atoms with E-state index in [2.05, 4.69) is 0 Å². The molecule has 1 heterocycles. The summed E-state index contributed by atoms with van der Waals surface area (Å²) in [6.45, 7) is 7.07. The molecule has 0 spiro atoms. The second-order valence-electron chi connectivity index (χ2n) is 5.94. The van der Waals surface area contributed by atoms with E-state index >= 15 is 0 Å². The highest BCUT2D eigenvalue weighted by Gasteiger charge is 2.37. The number of benzene rings is 1. The number of nitrogens with zero attached hydrogens (tertiary/aromatic N) is 3. The number of rotatable bonds is 6. The third-order valence-electron chi connectivity index (χ3n) is 4.42. The van der Waals surface area contributed by atoms with E-state index in [0.717, 1.165) is 5.56 Å². The number of carbonyl (C=O) groups is 3. The van der Waals surface area contributed by atoms with Crippen molar-refractivity contribution in [2.24, 2.45) is 0 Å². The van der Waals surface area contributed by atoms with Gasteiger partial charge < -0.3 is 14.7 Å². The Labute approximate surface area is 143 Å². The molecule has 0 bridgehead atoms. The zero-order valence-electron chi connectivity index (χ0n) is 14.6. The maximum Gasteiger partial charge on any atom is 0.245 e. The number of hydrogen-bond acceptors (Lipinski definition) is 3. The Morgan fingerprint density at radius 3 is 2.38 bits per heavy atom. The molecule has 6 nitrogen and oxygen atoms in total. The van der Waals surface area contributed by atoms with Crippen LogP contribution in [0.4, 0.5) is 0 Å². The van der Waals surface area contributed by atoms with Crippen LogP contribution in [0.15, 0.2) is 30.3 Å². The Balaban J connectivity index is 2.05. The van der Waals surface area contributed by atoms with Crippen molar-refractivity contribution in [3.05, 3.63) is 35.9 Å². The van der Waals surface area contributed by atoms with E-state index in [0.29, 0.717) is 19.6 Å². The molecule has 3 amide bonds. The van der Waals surface area contributed by atoms with Crippen molar-refractivity contribution < 1.29 is 14.4 Å². The van der Waals surface area contributed by atoms with Gasteiger partial charge >= 0.3 is 0 Å². The largest absolute Gasteiger partial charge is 0.342 e. The Kier molecular flexibility index (Phi) is 5.95. The number of piperazine rings is 1. The van der Waals surface area contributed by atoms with E-state index in [9.17, 15) is 14.4 Å². The van der Waals surface area contributed by atoms with E-state index in [4.69, 9.17) is 0 Å². The molecule has 1 atom stereocenters. The molecule has 0 unspecified atom stereocenters. The maximum absolute atomic E-state index is 12.6. The summed E-state index contributed by atoms with van der Waals surface area (Å²) in [5, 5.41) is 0. The fraction of sp³-hybridized carbons (Fsp3) is 0.500. The van der Waals surface area contributed by atoms with Gasteiger partial charge in [-0.05, 0) is 26.3 Å². The first-order valence-corrected chi connectivity index (χ1v) is 8.37. The summed E-state index contributed by atoms with van der Waals surface area (Å²) in [6.07, 6.45) is 0. The lowest BCUT2D eigenvalue weighted by Gasteiger charge is -2.39. The van der Waals surface area contributed by atoms with Crippen LogP contribution < -0.4 is 0 Å². The minimum atomic E-state index is -0.616. The van der Waals surface area contributed by atoms with Crippen LogP contribution in [-0.2, 0) is 20.9 Å². The van der Waals surface area contributed by atoms with Crippen LogP contribution in [0.2, 0.25) is 0 Å². The van der Waals surface area contributed by atoms with Gasteiger partial charge in [-0.1, -0.05) is 30.3 Å². The van der Waals surface area contributed by atoms with E-state index in [1.165, 1.54) is 4.90 Å². The number of likely N-dealkylation sites (N-methyl/N-ethyl adjacent to an activating group) is 1. The highest BCUT2D eigenvalue weighted by atomic mass is 16.2. The van der Waals surface area contributed by atoms with Gasteiger partial charge in [-0.2, -0.15) is 0 Å². The normalized spacial score (nSPS) is 18.0. The van der Waals surface area contributed by atoms with E-state index in [1.807, 2.05) is 44.2 Å². The monoisotopic (exact) mass is 331 g/mol. The topological polar surface area (TPSA) is 60.9 Å². The predicted octanol–water partition coefficient (Wildman–Crippen LogP) is 1.11. The molecule has 130 valence electrons. The van der Waals surface area contributed by atoms with Crippen molar-refractivity contribution in [2.75, 3.05) is 26.2 Å². The van der Waals surface area contributed by atoms with Crippen molar-refractivity contribution in [1.29, 1.82) is 0 Å². The Hall–Kier alpha value is -2.37. The molecule has 1 aromatic rings. The minimum absolute atomic E-state index is 0.0175. The zero-order chi connectivity index (χ0) is 17.7. The summed E-state index contributed by atoms with van der Waals surface area (Å²) in [4.78, 5) is 41.9. The predicted molar refractivity (Wildman–Crippen MR) is 91.0 cm³/mol. The van der Waals surface area contributed by atoms with Gasteiger partial charge in [0.05, 0.1) is 0 Å². The van der Waals surface area contributed by atoms with Gasteiger partial charge in [0.1, 0.15) is 19.1 Å². The van der Waals surface area contributed by atoms with Crippen LogP contribution in [-0.4, -0.2) is 64.6 Å². The maximum atomic E-state index is 12.6. The summed E-state index contributed by atoms with van der Waals surface area (Å²) in [5.74, 6) is -0.422. The van der Waals surface area contributed by atoms with Gasteiger partial charge in [0.15, 0.2) is 0 Å². The van der Waals surface area contributed by atoms with Crippen molar-refractivity contribution in [3.63, 3.8) is 0 Å². The smallest absolute Gasteiger partial charge is 0.245 e. The third kappa shape index (κ3) is 3.93. The highest BCUT2D eigenvalue weighted by molar-refractivity contribution is 5.96. The van der Waals surface area contributed by atoms with Gasteiger partial charge in [0.25, 0.3) is 0 Å². The quantitative estimate of drug-likeness (QED) is 0.785. The van der Waals surface area contributed by atoms with Crippen molar-refractivity contribution in [3.8, 4) is 0 Å². The van der Waals surface area contributed by atoms with Gasteiger partial charge in [-0.3, -0.25) is 14.4 Å². The number of carbonyl (C=O) groups excluding carboxylic acids is 3. The average Bonchev–Trinajstić information content (AvgIpc) is 2.58. The minimum Gasteiger partial charge on any atom is -0.342 e. The second-order valence-corrected chi connectivity index (χ2v) is 5.94. The summed E-state index contributed by atoms with van der Waals surface area (Å²) < 4.78 is 0. The molecule has 1 aliphatic rings. The molecule has 0 aliphatic carbocycles. The molecule has 0 saturated carbocycles. The molecule has 0 radical (unpaired) electrons. The summed E-state index contributed by atoms with van der Waals surface area (Å²) in [6, 6.07) is 8.97. The summed E-state index contributed by atoms with van der Waals surface area (Å²) >= 11 is 0. The fourth-order valence-electron chi connectivity index (χ4n) is 2.93. The zero-order valence-corrected chi connectivity index (χ0v) is 14.6. The molecule has 0 aromatic heterocycles. The van der Waals surface area contributed by atoms with E-state index in [-0.39, 0.29) is 30.8 Å². The first-order valence-electron chi connectivity index (χ1n) is 8.37. The first-order chi connectivity index (χ1) is 11.5. The molecule has 2 rings (SSSR count). The lowest BCUT2D eigenvalue weighted by Crippen LogP contribution is -2.60. The van der Waals surface area contributed by atoms with E-state index < -0.39 is 6.04 Å². The Morgan fingerprint density at radius 1 is 1.17 bits per heavy atom. The molecule has 6 heteroatoms. The molecule has 1 aliphatic heterocycles. The van der Waals surface area contributed by atoms with E-state index in [1.54, 1.807) is 16.7 Å². The van der Waals surface area contributed by atoms with Gasteiger partial charge in [0.2, 0.25) is 17.7 Å². The molecule has 1 aromatic carbocycles. The Morgan fingerprint density at radius 2 is 1.79 bits per heavy atom. The van der Waals surface area contributed by atoms with Crippen LogP contribution in [0.25, 0.3) is 0 Å². The van der Waals surface area contributed by atoms with Crippen LogP contribution in [0.1, 0.15) is 26.3 Å². The summed E-state index contributed by atoms with van der Waals surface area (Å²) in [5.41, 5.74) is 0.985. The van der Waals surface area contributed by atoms with Crippen LogP contribution >= 0.6 is 0 Å². The lowest BCUT2D eigenvalue weighted by molar-refractivity contribution is -0.158. The fourth-order valence-corrected chi connectivity index (χ4v) is 2.93. The standard InChI is InChI=1S/C18H25N3O3/c1-4-19(5-2)16(22)13-21-14(3)18(24)20(12-17(21)23)11-15-9-7-6-8-10-15/h6-10,14H,4-5,11-13H2,1-3H3/t14-/m0/s1. The van der Waals surface area contributed by atoms with Crippen LogP contribution in [0, 0.1) is 0 Å². The average molecular weight is 331 g/mol. The second kappa shape index (κ2) is 7.95.